The van der Waals surface area contributed by atoms with Crippen LogP contribution >= 0.6 is 0 Å². The average Bonchev–Trinajstić information content (AvgIpc) is 2.58. The van der Waals surface area contributed by atoms with Gasteiger partial charge < -0.3 is 10.0 Å². The topological polar surface area (TPSA) is 40.5 Å². The van der Waals surface area contributed by atoms with E-state index in [2.05, 4.69) is 4.90 Å². The molecule has 1 heterocycles. The molecule has 0 spiro atoms. The maximum absolute atomic E-state index is 11.6. The smallest absolute Gasteiger partial charge is 0.136 e. The standard InChI is InChI=1S/C14H25NO2/c1-14(17)7-3-9-15(11-8-14)10-6-12-4-2-5-13(12)16/h12,17H,2-11H2,1H3. The Morgan fingerprint density at radius 1 is 1.35 bits per heavy atom. The van der Waals surface area contributed by atoms with E-state index in [4.69, 9.17) is 0 Å². The molecule has 2 rings (SSSR count). The number of aliphatic hydroxyl groups is 1. The molecule has 1 aliphatic carbocycles. The van der Waals surface area contributed by atoms with Gasteiger partial charge in [0.25, 0.3) is 0 Å². The summed E-state index contributed by atoms with van der Waals surface area (Å²) >= 11 is 0. The number of hydrogen-bond acceptors (Lipinski definition) is 3. The van der Waals surface area contributed by atoms with Crippen molar-refractivity contribution in [1.29, 1.82) is 0 Å². The predicted octanol–water partition coefficient (Wildman–Crippen LogP) is 1.98. The van der Waals surface area contributed by atoms with Gasteiger partial charge in [0, 0.05) is 18.9 Å². The Hall–Kier alpha value is -0.410. The molecule has 2 fully saturated rings. The second-order valence-electron chi connectivity index (χ2n) is 6.04. The first-order valence-corrected chi connectivity index (χ1v) is 7.04. The first kappa shape index (κ1) is 13.0. The lowest BCUT2D eigenvalue weighted by atomic mass is 9.98. The molecule has 1 saturated heterocycles. The third kappa shape index (κ3) is 3.78. The van der Waals surface area contributed by atoms with Gasteiger partial charge in [-0.25, -0.2) is 0 Å². The van der Waals surface area contributed by atoms with Crippen LogP contribution in [0.3, 0.4) is 0 Å². The summed E-state index contributed by atoms with van der Waals surface area (Å²) in [5.74, 6) is 0.811. The van der Waals surface area contributed by atoms with Crippen LogP contribution in [0.2, 0.25) is 0 Å². The zero-order valence-electron chi connectivity index (χ0n) is 11.0. The molecule has 2 unspecified atom stereocenters. The fraction of sp³-hybridized carbons (Fsp3) is 0.929. The number of carbonyl (C=O) groups is 1. The summed E-state index contributed by atoms with van der Waals surface area (Å²) in [6, 6.07) is 0. The zero-order chi connectivity index (χ0) is 12.3. The van der Waals surface area contributed by atoms with Gasteiger partial charge in [0.15, 0.2) is 0 Å². The highest BCUT2D eigenvalue weighted by Gasteiger charge is 2.27. The van der Waals surface area contributed by atoms with Crippen molar-refractivity contribution in [3.05, 3.63) is 0 Å². The molecular weight excluding hydrogens is 214 g/mol. The molecule has 17 heavy (non-hydrogen) atoms. The van der Waals surface area contributed by atoms with E-state index in [0.29, 0.717) is 11.7 Å². The fourth-order valence-electron chi connectivity index (χ4n) is 3.07. The van der Waals surface area contributed by atoms with Gasteiger partial charge in [0.1, 0.15) is 5.78 Å². The number of nitrogens with zero attached hydrogens (tertiary/aromatic N) is 1. The highest BCUT2D eigenvalue weighted by atomic mass is 16.3. The van der Waals surface area contributed by atoms with Crippen molar-refractivity contribution in [2.24, 2.45) is 5.92 Å². The summed E-state index contributed by atoms with van der Waals surface area (Å²) in [5.41, 5.74) is -0.474. The first-order chi connectivity index (χ1) is 8.07. The number of rotatable bonds is 3. The molecule has 0 aromatic heterocycles. The summed E-state index contributed by atoms with van der Waals surface area (Å²) in [4.78, 5) is 14.0. The van der Waals surface area contributed by atoms with Crippen molar-refractivity contribution in [2.45, 2.75) is 57.5 Å². The van der Waals surface area contributed by atoms with Crippen LogP contribution in [-0.2, 0) is 4.79 Å². The van der Waals surface area contributed by atoms with E-state index in [1.54, 1.807) is 0 Å². The molecule has 0 bridgehead atoms. The normalized spacial score (nSPS) is 36.1. The van der Waals surface area contributed by atoms with Gasteiger partial charge in [0.05, 0.1) is 5.60 Å². The van der Waals surface area contributed by atoms with Crippen LogP contribution in [0, 0.1) is 5.92 Å². The molecule has 0 aromatic carbocycles. The van der Waals surface area contributed by atoms with Crippen molar-refractivity contribution >= 4 is 5.78 Å². The van der Waals surface area contributed by atoms with Gasteiger partial charge >= 0.3 is 0 Å². The van der Waals surface area contributed by atoms with E-state index in [1.807, 2.05) is 6.92 Å². The van der Waals surface area contributed by atoms with Crippen molar-refractivity contribution < 1.29 is 9.90 Å². The minimum Gasteiger partial charge on any atom is -0.390 e. The first-order valence-electron chi connectivity index (χ1n) is 7.04. The summed E-state index contributed by atoms with van der Waals surface area (Å²) in [6.07, 6.45) is 6.88. The average molecular weight is 239 g/mol. The van der Waals surface area contributed by atoms with Crippen LogP contribution in [0.15, 0.2) is 0 Å². The zero-order valence-corrected chi connectivity index (χ0v) is 11.0. The maximum Gasteiger partial charge on any atom is 0.136 e. The van der Waals surface area contributed by atoms with Crippen LogP contribution in [-0.4, -0.2) is 41.0 Å². The summed E-state index contributed by atoms with van der Waals surface area (Å²) in [5, 5.41) is 10.0. The van der Waals surface area contributed by atoms with E-state index in [0.717, 1.165) is 64.6 Å². The molecule has 1 aliphatic heterocycles. The SMILES string of the molecule is CC1(O)CCCN(CCC2CCCC2=O)CC1. The number of ketones is 1. The van der Waals surface area contributed by atoms with Crippen LogP contribution < -0.4 is 0 Å². The fourth-order valence-corrected chi connectivity index (χ4v) is 3.07. The molecule has 2 atom stereocenters. The Bertz CT molecular complexity index is 275. The Morgan fingerprint density at radius 2 is 2.18 bits per heavy atom. The second-order valence-corrected chi connectivity index (χ2v) is 6.04. The van der Waals surface area contributed by atoms with Crippen LogP contribution in [0.1, 0.15) is 51.9 Å². The van der Waals surface area contributed by atoms with E-state index >= 15 is 0 Å². The minimum atomic E-state index is -0.474. The lowest BCUT2D eigenvalue weighted by molar-refractivity contribution is -0.120. The second kappa shape index (κ2) is 5.49. The van der Waals surface area contributed by atoms with E-state index < -0.39 is 5.60 Å². The highest BCUT2D eigenvalue weighted by molar-refractivity contribution is 5.82. The summed E-state index contributed by atoms with van der Waals surface area (Å²) in [7, 11) is 0. The molecule has 0 radical (unpaired) electrons. The van der Waals surface area contributed by atoms with Gasteiger partial charge in [-0.2, -0.15) is 0 Å². The molecule has 0 amide bonds. The van der Waals surface area contributed by atoms with Gasteiger partial charge in [-0.05, 0) is 58.5 Å². The van der Waals surface area contributed by atoms with Crippen LogP contribution in [0.5, 0.6) is 0 Å². The van der Waals surface area contributed by atoms with Crippen molar-refractivity contribution in [1.82, 2.24) is 4.90 Å². The molecular formula is C14H25NO2. The Balaban J connectivity index is 1.74. The Morgan fingerprint density at radius 3 is 2.88 bits per heavy atom. The molecule has 3 heteroatoms. The lowest BCUT2D eigenvalue weighted by Gasteiger charge is -2.23. The molecule has 3 nitrogen and oxygen atoms in total. The molecule has 1 N–H and O–H groups in total. The number of hydrogen-bond donors (Lipinski definition) is 1. The Labute approximate surface area is 104 Å². The van der Waals surface area contributed by atoms with Crippen LogP contribution in [0.25, 0.3) is 0 Å². The minimum absolute atomic E-state index is 0.332. The quantitative estimate of drug-likeness (QED) is 0.818. The highest BCUT2D eigenvalue weighted by Crippen LogP contribution is 2.26. The largest absolute Gasteiger partial charge is 0.390 e. The van der Waals surface area contributed by atoms with Crippen molar-refractivity contribution in [2.75, 3.05) is 19.6 Å². The van der Waals surface area contributed by atoms with Crippen molar-refractivity contribution in [3.8, 4) is 0 Å². The third-order valence-corrected chi connectivity index (χ3v) is 4.38. The Kier molecular flexibility index (Phi) is 4.21. The number of carbonyl (C=O) groups excluding carboxylic acids is 1. The predicted molar refractivity (Wildman–Crippen MR) is 67.9 cm³/mol. The van der Waals surface area contributed by atoms with Crippen molar-refractivity contribution in [3.63, 3.8) is 0 Å². The summed E-state index contributed by atoms with van der Waals surface area (Å²) < 4.78 is 0. The number of Topliss-reactive ketones (excluding diaryl/α,β-unsaturated/α-hetero) is 1. The van der Waals surface area contributed by atoms with Gasteiger partial charge in [-0.15, -0.1) is 0 Å². The van der Waals surface area contributed by atoms with E-state index in [-0.39, 0.29) is 0 Å². The molecule has 1 saturated carbocycles. The van der Waals surface area contributed by atoms with E-state index in [1.165, 1.54) is 0 Å². The molecule has 98 valence electrons. The molecule has 2 aliphatic rings. The van der Waals surface area contributed by atoms with Gasteiger partial charge in [0.2, 0.25) is 0 Å². The number of likely N-dealkylation sites (tertiary alicyclic amines) is 1. The van der Waals surface area contributed by atoms with Gasteiger partial charge in [-0.3, -0.25) is 4.79 Å². The summed E-state index contributed by atoms with van der Waals surface area (Å²) in [6.45, 7) is 5.04. The van der Waals surface area contributed by atoms with Gasteiger partial charge in [-0.1, -0.05) is 0 Å². The third-order valence-electron chi connectivity index (χ3n) is 4.38. The van der Waals surface area contributed by atoms with E-state index in [9.17, 15) is 9.90 Å². The molecule has 0 aromatic rings. The monoisotopic (exact) mass is 239 g/mol. The lowest BCUT2D eigenvalue weighted by Crippen LogP contribution is -2.30. The van der Waals surface area contributed by atoms with Crippen LogP contribution in [0.4, 0.5) is 0 Å². The maximum atomic E-state index is 11.6.